The number of rotatable bonds is 4. The highest BCUT2D eigenvalue weighted by atomic mass is 32.1. The highest BCUT2D eigenvalue weighted by Gasteiger charge is 2.15. The standard InChI is InChI=1S/C19H22N2O2S/c22-18(21-19(24)20-15-9-2-1-3-10-15)13-23-17-12-6-8-14-7-4-5-11-16(14)17/h4-8,11-12,15H,1-3,9-10,13H2,(H2,20,21,22,24). The zero-order chi connectivity index (χ0) is 16.8. The molecule has 2 aromatic carbocycles. The second-order valence-electron chi connectivity index (χ2n) is 6.12. The van der Waals surface area contributed by atoms with E-state index in [9.17, 15) is 4.79 Å². The van der Waals surface area contributed by atoms with Crippen molar-refractivity contribution in [1.29, 1.82) is 0 Å². The number of carbonyl (C=O) groups is 1. The van der Waals surface area contributed by atoms with Crippen LogP contribution >= 0.6 is 12.2 Å². The Morgan fingerprint density at radius 3 is 2.67 bits per heavy atom. The minimum atomic E-state index is -0.240. The molecule has 1 aliphatic rings. The van der Waals surface area contributed by atoms with Gasteiger partial charge in [-0.3, -0.25) is 4.79 Å². The molecule has 0 aliphatic heterocycles. The number of thiocarbonyl (C=S) groups is 1. The first-order chi connectivity index (χ1) is 11.7. The molecule has 24 heavy (non-hydrogen) atoms. The molecule has 126 valence electrons. The van der Waals surface area contributed by atoms with E-state index in [1.807, 2.05) is 42.5 Å². The summed E-state index contributed by atoms with van der Waals surface area (Å²) in [7, 11) is 0. The van der Waals surface area contributed by atoms with E-state index in [0.29, 0.717) is 16.9 Å². The minimum Gasteiger partial charge on any atom is -0.483 e. The van der Waals surface area contributed by atoms with Gasteiger partial charge in [0.15, 0.2) is 11.7 Å². The average Bonchev–Trinajstić information content (AvgIpc) is 2.60. The number of hydrogen-bond acceptors (Lipinski definition) is 3. The predicted octanol–water partition coefficient (Wildman–Crippen LogP) is 3.54. The van der Waals surface area contributed by atoms with E-state index in [1.54, 1.807) is 0 Å². The van der Waals surface area contributed by atoms with Crippen LogP contribution in [0.5, 0.6) is 5.75 Å². The van der Waals surface area contributed by atoms with E-state index in [4.69, 9.17) is 17.0 Å². The van der Waals surface area contributed by atoms with E-state index >= 15 is 0 Å². The lowest BCUT2D eigenvalue weighted by atomic mass is 9.96. The molecule has 0 saturated heterocycles. The third-order valence-electron chi connectivity index (χ3n) is 4.30. The third-order valence-corrected chi connectivity index (χ3v) is 4.52. The fraction of sp³-hybridized carbons (Fsp3) is 0.368. The van der Waals surface area contributed by atoms with Gasteiger partial charge in [-0.1, -0.05) is 55.7 Å². The molecule has 0 spiro atoms. The van der Waals surface area contributed by atoms with E-state index in [0.717, 1.165) is 23.6 Å². The number of amides is 1. The molecular weight excluding hydrogens is 320 g/mol. The lowest BCUT2D eigenvalue weighted by Gasteiger charge is -2.24. The highest BCUT2D eigenvalue weighted by molar-refractivity contribution is 7.80. The van der Waals surface area contributed by atoms with Crippen molar-refractivity contribution in [3.05, 3.63) is 42.5 Å². The molecule has 0 heterocycles. The molecule has 0 aromatic heterocycles. The summed E-state index contributed by atoms with van der Waals surface area (Å²) in [5.41, 5.74) is 0. The first-order valence-corrected chi connectivity index (χ1v) is 8.84. The second kappa shape index (κ2) is 8.11. The Morgan fingerprint density at radius 2 is 1.83 bits per heavy atom. The first-order valence-electron chi connectivity index (χ1n) is 8.43. The van der Waals surface area contributed by atoms with Crippen LogP contribution in [0.4, 0.5) is 0 Å². The van der Waals surface area contributed by atoms with Crippen LogP contribution in [-0.4, -0.2) is 23.7 Å². The van der Waals surface area contributed by atoms with Crippen molar-refractivity contribution in [2.24, 2.45) is 0 Å². The largest absolute Gasteiger partial charge is 0.483 e. The van der Waals surface area contributed by atoms with Gasteiger partial charge in [-0.15, -0.1) is 0 Å². The number of hydrogen-bond donors (Lipinski definition) is 2. The Kier molecular flexibility index (Phi) is 5.64. The molecule has 0 bridgehead atoms. The number of ether oxygens (including phenoxy) is 1. The molecule has 3 rings (SSSR count). The summed E-state index contributed by atoms with van der Waals surface area (Å²) in [5, 5.41) is 8.40. The minimum absolute atomic E-state index is 0.0551. The summed E-state index contributed by atoms with van der Waals surface area (Å²) in [5.74, 6) is 0.464. The van der Waals surface area contributed by atoms with Gasteiger partial charge in [-0.25, -0.2) is 0 Å². The van der Waals surface area contributed by atoms with Gasteiger partial charge in [0.2, 0.25) is 0 Å². The van der Waals surface area contributed by atoms with Crippen molar-refractivity contribution in [3.63, 3.8) is 0 Å². The Balaban J connectivity index is 1.50. The predicted molar refractivity (Wildman–Crippen MR) is 100 cm³/mol. The van der Waals surface area contributed by atoms with Crippen LogP contribution in [-0.2, 0) is 4.79 Å². The molecule has 1 saturated carbocycles. The Hall–Kier alpha value is -2.14. The summed E-state index contributed by atoms with van der Waals surface area (Å²) in [6, 6.07) is 14.1. The first kappa shape index (κ1) is 16.7. The number of nitrogens with one attached hydrogen (secondary N) is 2. The van der Waals surface area contributed by atoms with Crippen molar-refractivity contribution < 1.29 is 9.53 Å². The van der Waals surface area contributed by atoms with Gasteiger partial charge in [0.1, 0.15) is 5.75 Å². The van der Waals surface area contributed by atoms with Gasteiger partial charge in [0.05, 0.1) is 0 Å². The molecule has 1 aliphatic carbocycles. The van der Waals surface area contributed by atoms with Gasteiger partial charge in [-0.05, 0) is 36.5 Å². The SMILES string of the molecule is O=C(COc1cccc2ccccc12)NC(=S)NC1CCCCC1. The van der Waals surface area contributed by atoms with Gasteiger partial charge >= 0.3 is 0 Å². The van der Waals surface area contributed by atoms with Crippen molar-refractivity contribution in [1.82, 2.24) is 10.6 Å². The lowest BCUT2D eigenvalue weighted by molar-refractivity contribution is -0.121. The van der Waals surface area contributed by atoms with Gasteiger partial charge in [-0.2, -0.15) is 0 Å². The second-order valence-corrected chi connectivity index (χ2v) is 6.53. The normalized spacial score (nSPS) is 15.0. The Morgan fingerprint density at radius 1 is 1.08 bits per heavy atom. The van der Waals surface area contributed by atoms with Gasteiger partial charge in [0.25, 0.3) is 5.91 Å². The van der Waals surface area contributed by atoms with Gasteiger partial charge in [0, 0.05) is 11.4 Å². The Bertz CT molecular complexity index is 721. The topological polar surface area (TPSA) is 50.4 Å². The third kappa shape index (κ3) is 4.45. The van der Waals surface area contributed by atoms with Crippen molar-refractivity contribution in [3.8, 4) is 5.75 Å². The summed E-state index contributed by atoms with van der Waals surface area (Å²) < 4.78 is 5.67. The maximum Gasteiger partial charge on any atom is 0.264 e. The van der Waals surface area contributed by atoms with Gasteiger partial charge < -0.3 is 15.4 Å². The summed E-state index contributed by atoms with van der Waals surface area (Å²) in [6.07, 6.45) is 5.96. The number of fused-ring (bicyclic) bond motifs is 1. The molecule has 2 aromatic rings. The number of benzene rings is 2. The van der Waals surface area contributed by atoms with Crippen LogP contribution in [0.1, 0.15) is 32.1 Å². The summed E-state index contributed by atoms with van der Waals surface area (Å²) in [6.45, 7) is -0.0551. The molecule has 0 radical (unpaired) electrons. The molecule has 5 heteroatoms. The molecular formula is C19H22N2O2S. The molecule has 0 unspecified atom stereocenters. The fourth-order valence-corrected chi connectivity index (χ4v) is 3.38. The van der Waals surface area contributed by atoms with Crippen LogP contribution in [0.15, 0.2) is 42.5 Å². The zero-order valence-corrected chi connectivity index (χ0v) is 14.4. The number of carbonyl (C=O) groups excluding carboxylic acids is 1. The molecule has 1 fully saturated rings. The molecule has 0 atom stereocenters. The van der Waals surface area contributed by atoms with E-state index in [-0.39, 0.29) is 12.5 Å². The maximum atomic E-state index is 12.0. The van der Waals surface area contributed by atoms with Crippen LogP contribution < -0.4 is 15.4 Å². The monoisotopic (exact) mass is 342 g/mol. The van der Waals surface area contributed by atoms with E-state index in [1.165, 1.54) is 19.3 Å². The molecule has 2 N–H and O–H groups in total. The summed E-state index contributed by atoms with van der Waals surface area (Å²) in [4.78, 5) is 12.0. The smallest absolute Gasteiger partial charge is 0.264 e. The molecule has 4 nitrogen and oxygen atoms in total. The van der Waals surface area contributed by atoms with Crippen LogP contribution in [0.2, 0.25) is 0 Å². The van der Waals surface area contributed by atoms with Crippen molar-refractivity contribution in [2.75, 3.05) is 6.61 Å². The average molecular weight is 342 g/mol. The fourth-order valence-electron chi connectivity index (χ4n) is 3.10. The highest BCUT2D eigenvalue weighted by Crippen LogP contribution is 2.24. The Labute approximate surface area is 147 Å². The zero-order valence-electron chi connectivity index (χ0n) is 13.6. The lowest BCUT2D eigenvalue weighted by Crippen LogP contribution is -2.46. The van der Waals surface area contributed by atoms with Crippen molar-refractivity contribution in [2.45, 2.75) is 38.1 Å². The maximum absolute atomic E-state index is 12.0. The van der Waals surface area contributed by atoms with Crippen LogP contribution in [0, 0.1) is 0 Å². The van der Waals surface area contributed by atoms with Crippen LogP contribution in [0.3, 0.4) is 0 Å². The molecule has 1 amide bonds. The van der Waals surface area contributed by atoms with Crippen molar-refractivity contribution >= 4 is 34.0 Å². The van der Waals surface area contributed by atoms with Crippen LogP contribution in [0.25, 0.3) is 10.8 Å². The summed E-state index contributed by atoms with van der Waals surface area (Å²) >= 11 is 5.22. The quantitative estimate of drug-likeness (QED) is 0.835. The van der Waals surface area contributed by atoms with E-state index < -0.39 is 0 Å². The van der Waals surface area contributed by atoms with E-state index in [2.05, 4.69) is 10.6 Å².